The topological polar surface area (TPSA) is 38.8 Å². The van der Waals surface area contributed by atoms with E-state index in [1.165, 1.54) is 0 Å². The van der Waals surface area contributed by atoms with Gasteiger partial charge >= 0.3 is 6.09 Å². The van der Waals surface area contributed by atoms with Gasteiger partial charge in [-0.25, -0.2) is 4.79 Å². The van der Waals surface area contributed by atoms with E-state index in [0.717, 1.165) is 0 Å². The average molecular weight is 242 g/mol. The summed E-state index contributed by atoms with van der Waals surface area (Å²) in [5, 5.41) is 0.575. The standard InChI is InChI=1S/C11H12ClNO3/c12-9-3-1-2-4-10(9)15-7-5-13-6-8-16-11(13)14/h1-4H,5-8H2. The number of benzene rings is 1. The van der Waals surface area contributed by atoms with Crippen molar-refractivity contribution in [1.82, 2.24) is 4.90 Å². The predicted molar refractivity (Wildman–Crippen MR) is 59.9 cm³/mol. The minimum absolute atomic E-state index is 0.275. The molecule has 1 aliphatic rings. The molecule has 86 valence electrons. The maximum Gasteiger partial charge on any atom is 0.410 e. The maximum atomic E-state index is 11.1. The molecule has 0 aliphatic carbocycles. The largest absolute Gasteiger partial charge is 0.490 e. The lowest BCUT2D eigenvalue weighted by molar-refractivity contribution is 0.153. The first-order chi connectivity index (χ1) is 7.77. The molecule has 0 unspecified atom stereocenters. The lowest BCUT2D eigenvalue weighted by Crippen LogP contribution is -2.29. The van der Waals surface area contributed by atoms with Gasteiger partial charge < -0.3 is 14.4 Å². The molecule has 4 nitrogen and oxygen atoms in total. The third kappa shape index (κ3) is 2.58. The molecule has 1 amide bonds. The molecule has 1 fully saturated rings. The van der Waals surface area contributed by atoms with Gasteiger partial charge in [0.25, 0.3) is 0 Å². The van der Waals surface area contributed by atoms with Crippen LogP contribution in [0.3, 0.4) is 0 Å². The van der Waals surface area contributed by atoms with Gasteiger partial charge in [0.15, 0.2) is 0 Å². The zero-order chi connectivity index (χ0) is 11.4. The van der Waals surface area contributed by atoms with Crippen LogP contribution in [0.5, 0.6) is 5.75 Å². The highest BCUT2D eigenvalue weighted by Crippen LogP contribution is 2.22. The summed E-state index contributed by atoms with van der Waals surface area (Å²) >= 11 is 5.92. The monoisotopic (exact) mass is 241 g/mol. The number of cyclic esters (lactones) is 1. The molecule has 1 saturated heterocycles. The molecule has 0 spiro atoms. The smallest absolute Gasteiger partial charge is 0.410 e. The van der Waals surface area contributed by atoms with Crippen LogP contribution in [0, 0.1) is 0 Å². The summed E-state index contributed by atoms with van der Waals surface area (Å²) in [4.78, 5) is 12.7. The zero-order valence-electron chi connectivity index (χ0n) is 8.69. The molecule has 0 atom stereocenters. The predicted octanol–water partition coefficient (Wildman–Crippen LogP) is 2.17. The fourth-order valence-corrected chi connectivity index (χ4v) is 1.65. The Morgan fingerprint density at radius 2 is 2.25 bits per heavy atom. The molecule has 2 rings (SSSR count). The van der Waals surface area contributed by atoms with E-state index in [2.05, 4.69) is 0 Å². The number of rotatable bonds is 4. The van der Waals surface area contributed by atoms with Gasteiger partial charge in [0.1, 0.15) is 19.0 Å². The van der Waals surface area contributed by atoms with Crippen LogP contribution in [0.1, 0.15) is 0 Å². The van der Waals surface area contributed by atoms with E-state index < -0.39 is 0 Å². The van der Waals surface area contributed by atoms with Crippen LogP contribution >= 0.6 is 11.6 Å². The van der Waals surface area contributed by atoms with E-state index in [1.807, 2.05) is 12.1 Å². The summed E-state index contributed by atoms with van der Waals surface area (Å²) in [5.74, 6) is 0.636. The van der Waals surface area contributed by atoms with Crippen LogP contribution in [0.2, 0.25) is 5.02 Å². The minimum atomic E-state index is -0.275. The van der Waals surface area contributed by atoms with Crippen LogP contribution in [0.25, 0.3) is 0 Å². The van der Waals surface area contributed by atoms with Crippen LogP contribution in [0.15, 0.2) is 24.3 Å². The van der Waals surface area contributed by atoms with Crippen LogP contribution < -0.4 is 4.74 Å². The molecule has 1 heterocycles. The molecule has 1 aliphatic heterocycles. The molecule has 1 aromatic rings. The summed E-state index contributed by atoms with van der Waals surface area (Å²) < 4.78 is 10.3. The Hall–Kier alpha value is -1.42. The molecule has 0 radical (unpaired) electrons. The first-order valence-corrected chi connectivity index (χ1v) is 5.44. The van der Waals surface area contributed by atoms with Gasteiger partial charge in [-0.05, 0) is 12.1 Å². The van der Waals surface area contributed by atoms with Gasteiger partial charge in [0, 0.05) is 0 Å². The normalized spacial score (nSPS) is 15.1. The van der Waals surface area contributed by atoms with Crippen molar-refractivity contribution in [2.45, 2.75) is 0 Å². The Kier molecular flexibility index (Phi) is 3.51. The highest BCUT2D eigenvalue weighted by Gasteiger charge is 2.21. The molecule has 5 heteroatoms. The van der Waals surface area contributed by atoms with Crippen LogP contribution in [-0.4, -0.2) is 37.3 Å². The Bertz CT molecular complexity index is 383. The summed E-state index contributed by atoms with van der Waals surface area (Å²) in [7, 11) is 0. The summed E-state index contributed by atoms with van der Waals surface area (Å²) in [6, 6.07) is 7.25. The second-order valence-electron chi connectivity index (χ2n) is 3.38. The quantitative estimate of drug-likeness (QED) is 0.811. The van der Waals surface area contributed by atoms with Gasteiger partial charge in [-0.15, -0.1) is 0 Å². The van der Waals surface area contributed by atoms with E-state index in [9.17, 15) is 4.79 Å². The Labute approximate surface area is 98.7 Å². The van der Waals surface area contributed by atoms with E-state index in [1.54, 1.807) is 17.0 Å². The highest BCUT2D eigenvalue weighted by molar-refractivity contribution is 6.32. The molecule has 0 N–H and O–H groups in total. The van der Waals surface area contributed by atoms with Gasteiger partial charge in [0.05, 0.1) is 18.1 Å². The molecule has 0 bridgehead atoms. The highest BCUT2D eigenvalue weighted by atomic mass is 35.5. The second kappa shape index (κ2) is 5.07. The first kappa shape index (κ1) is 11.1. The third-order valence-corrected chi connectivity index (χ3v) is 2.61. The number of ether oxygens (including phenoxy) is 2. The number of halogens is 1. The van der Waals surface area contributed by atoms with Gasteiger partial charge in [-0.3, -0.25) is 0 Å². The number of para-hydroxylation sites is 1. The van der Waals surface area contributed by atoms with Crippen molar-refractivity contribution in [2.24, 2.45) is 0 Å². The Morgan fingerprint density at radius 1 is 1.44 bits per heavy atom. The SMILES string of the molecule is O=C1OCCN1CCOc1ccccc1Cl. The summed E-state index contributed by atoms with van der Waals surface area (Å²) in [5.41, 5.74) is 0. The van der Waals surface area contributed by atoms with Gasteiger partial charge in [-0.2, -0.15) is 0 Å². The fourth-order valence-electron chi connectivity index (χ4n) is 1.46. The van der Waals surface area contributed by atoms with E-state index in [0.29, 0.717) is 37.1 Å². The summed E-state index contributed by atoms with van der Waals surface area (Å²) in [6.07, 6.45) is -0.275. The second-order valence-corrected chi connectivity index (χ2v) is 3.79. The van der Waals surface area contributed by atoms with Crippen molar-refractivity contribution in [3.8, 4) is 5.75 Å². The molecule has 0 aromatic heterocycles. The van der Waals surface area contributed by atoms with E-state index in [4.69, 9.17) is 21.1 Å². The first-order valence-electron chi connectivity index (χ1n) is 5.06. The van der Waals surface area contributed by atoms with Crippen LogP contribution in [-0.2, 0) is 4.74 Å². The fraction of sp³-hybridized carbons (Fsp3) is 0.364. The lowest BCUT2D eigenvalue weighted by Gasteiger charge is -2.13. The zero-order valence-corrected chi connectivity index (χ0v) is 9.44. The van der Waals surface area contributed by atoms with Gasteiger partial charge in [0.2, 0.25) is 0 Å². The van der Waals surface area contributed by atoms with E-state index in [-0.39, 0.29) is 6.09 Å². The maximum absolute atomic E-state index is 11.1. The number of hydrogen-bond donors (Lipinski definition) is 0. The van der Waals surface area contributed by atoms with Gasteiger partial charge in [-0.1, -0.05) is 23.7 Å². The molecule has 0 saturated carbocycles. The number of nitrogens with zero attached hydrogens (tertiary/aromatic N) is 1. The molecular formula is C11H12ClNO3. The number of carbonyl (C=O) groups excluding carboxylic acids is 1. The Balaban J connectivity index is 1.80. The molecule has 1 aromatic carbocycles. The minimum Gasteiger partial charge on any atom is -0.490 e. The number of carbonyl (C=O) groups is 1. The van der Waals surface area contributed by atoms with Crippen molar-refractivity contribution in [3.63, 3.8) is 0 Å². The number of amides is 1. The van der Waals surface area contributed by atoms with Crippen molar-refractivity contribution in [3.05, 3.63) is 29.3 Å². The van der Waals surface area contributed by atoms with E-state index >= 15 is 0 Å². The van der Waals surface area contributed by atoms with Crippen molar-refractivity contribution in [2.75, 3.05) is 26.3 Å². The molecule has 16 heavy (non-hydrogen) atoms. The Morgan fingerprint density at radius 3 is 2.94 bits per heavy atom. The van der Waals surface area contributed by atoms with Crippen LogP contribution in [0.4, 0.5) is 4.79 Å². The number of hydrogen-bond acceptors (Lipinski definition) is 3. The lowest BCUT2D eigenvalue weighted by atomic mass is 10.3. The average Bonchev–Trinajstić information content (AvgIpc) is 2.67. The van der Waals surface area contributed by atoms with Crippen molar-refractivity contribution < 1.29 is 14.3 Å². The molecular weight excluding hydrogens is 230 g/mol. The summed E-state index contributed by atoms with van der Waals surface area (Å²) in [6.45, 7) is 2.03. The van der Waals surface area contributed by atoms with Crippen molar-refractivity contribution in [1.29, 1.82) is 0 Å². The van der Waals surface area contributed by atoms with Crippen molar-refractivity contribution >= 4 is 17.7 Å². The third-order valence-electron chi connectivity index (χ3n) is 2.30.